The summed E-state index contributed by atoms with van der Waals surface area (Å²) in [6, 6.07) is 6.12. The fraction of sp³-hybridized carbons (Fsp3) is 0.364. The number of nitrogens with two attached hydrogens (primary N) is 1. The van der Waals surface area contributed by atoms with Gasteiger partial charge in [0.1, 0.15) is 11.6 Å². The Morgan fingerprint density at radius 3 is 2.86 bits per heavy atom. The Labute approximate surface area is 82.9 Å². The van der Waals surface area contributed by atoms with Gasteiger partial charge in [0.2, 0.25) is 0 Å². The van der Waals surface area contributed by atoms with Crippen molar-refractivity contribution in [1.82, 2.24) is 0 Å². The Morgan fingerprint density at radius 2 is 2.21 bits per heavy atom. The predicted molar refractivity (Wildman–Crippen MR) is 53.4 cm³/mol. The molecule has 0 aliphatic heterocycles. The molecule has 14 heavy (non-hydrogen) atoms. The van der Waals surface area contributed by atoms with E-state index in [2.05, 4.69) is 0 Å². The molecular weight excluding hydrogens is 181 g/mol. The van der Waals surface area contributed by atoms with Crippen LogP contribution in [0.3, 0.4) is 0 Å². The lowest BCUT2D eigenvalue weighted by Crippen LogP contribution is -2.07. The largest absolute Gasteiger partial charge is 0.330 e. The van der Waals surface area contributed by atoms with Gasteiger partial charge in [-0.15, -0.1) is 0 Å². The predicted octanol–water partition coefficient (Wildman–Crippen LogP) is 1.68. The number of halogens is 1. The molecule has 3 heteroatoms. The van der Waals surface area contributed by atoms with Crippen LogP contribution in [0.4, 0.5) is 4.39 Å². The fourth-order valence-electron chi connectivity index (χ4n) is 1.26. The molecule has 0 saturated heterocycles. The molecule has 76 valence electrons. The Hall–Kier alpha value is -1.22. The summed E-state index contributed by atoms with van der Waals surface area (Å²) in [7, 11) is 0. The van der Waals surface area contributed by atoms with Crippen LogP contribution < -0.4 is 5.73 Å². The maximum atomic E-state index is 12.7. The van der Waals surface area contributed by atoms with Gasteiger partial charge >= 0.3 is 0 Å². The number of rotatable bonds is 5. The second-order valence-corrected chi connectivity index (χ2v) is 3.24. The Balaban J connectivity index is 2.47. The maximum absolute atomic E-state index is 12.7. The summed E-state index contributed by atoms with van der Waals surface area (Å²) in [6.45, 7) is 0.523. The molecule has 2 nitrogen and oxygen atoms in total. The molecule has 0 spiro atoms. The van der Waals surface area contributed by atoms with Crippen LogP contribution in [0.2, 0.25) is 0 Å². The van der Waals surface area contributed by atoms with Crippen molar-refractivity contribution in [1.29, 1.82) is 0 Å². The number of benzene rings is 1. The van der Waals surface area contributed by atoms with E-state index in [1.807, 2.05) is 0 Å². The monoisotopic (exact) mass is 195 g/mol. The van der Waals surface area contributed by atoms with E-state index in [0.29, 0.717) is 25.8 Å². The Morgan fingerprint density at radius 1 is 1.43 bits per heavy atom. The minimum atomic E-state index is -0.297. The van der Waals surface area contributed by atoms with Gasteiger partial charge in [0.15, 0.2) is 0 Å². The molecule has 1 aromatic rings. The SMILES string of the molecule is NCCCC(=O)Cc1cccc(F)c1. The summed E-state index contributed by atoms with van der Waals surface area (Å²) in [6.07, 6.45) is 1.49. The lowest BCUT2D eigenvalue weighted by Gasteiger charge is -2.00. The van der Waals surface area contributed by atoms with Gasteiger partial charge in [-0.25, -0.2) is 4.39 Å². The average molecular weight is 195 g/mol. The summed E-state index contributed by atoms with van der Waals surface area (Å²) in [5.41, 5.74) is 6.01. The van der Waals surface area contributed by atoms with Crippen molar-refractivity contribution in [3.63, 3.8) is 0 Å². The van der Waals surface area contributed by atoms with Crippen LogP contribution in [0, 0.1) is 5.82 Å². The fourth-order valence-corrected chi connectivity index (χ4v) is 1.26. The molecule has 0 unspecified atom stereocenters. The van der Waals surface area contributed by atoms with Gasteiger partial charge in [0, 0.05) is 12.8 Å². The molecule has 0 atom stereocenters. The highest BCUT2D eigenvalue weighted by Crippen LogP contribution is 2.06. The first-order valence-corrected chi connectivity index (χ1v) is 4.68. The third kappa shape index (κ3) is 3.66. The highest BCUT2D eigenvalue weighted by molar-refractivity contribution is 5.80. The van der Waals surface area contributed by atoms with Crippen molar-refractivity contribution in [2.75, 3.05) is 6.54 Å². The van der Waals surface area contributed by atoms with Crippen molar-refractivity contribution in [3.8, 4) is 0 Å². The zero-order valence-electron chi connectivity index (χ0n) is 8.00. The van der Waals surface area contributed by atoms with E-state index in [4.69, 9.17) is 5.73 Å². The Kier molecular flexibility index (Phi) is 4.26. The molecule has 0 radical (unpaired) electrons. The third-order valence-electron chi connectivity index (χ3n) is 1.95. The highest BCUT2D eigenvalue weighted by Gasteiger charge is 2.03. The van der Waals surface area contributed by atoms with Crippen molar-refractivity contribution in [2.45, 2.75) is 19.3 Å². The van der Waals surface area contributed by atoms with Gasteiger partial charge in [0.25, 0.3) is 0 Å². The maximum Gasteiger partial charge on any atom is 0.137 e. The van der Waals surface area contributed by atoms with Crippen LogP contribution in [-0.2, 0) is 11.2 Å². The molecule has 0 heterocycles. The topological polar surface area (TPSA) is 43.1 Å². The van der Waals surface area contributed by atoms with E-state index in [1.54, 1.807) is 12.1 Å². The molecule has 2 N–H and O–H groups in total. The lowest BCUT2D eigenvalue weighted by atomic mass is 10.1. The zero-order chi connectivity index (χ0) is 10.4. The standard InChI is InChI=1S/C11H14FNO/c12-10-4-1-3-9(7-10)8-11(14)5-2-6-13/h1,3-4,7H,2,5-6,8,13H2. The number of hydrogen-bond acceptors (Lipinski definition) is 2. The van der Waals surface area contributed by atoms with Crippen LogP contribution in [0.15, 0.2) is 24.3 Å². The smallest absolute Gasteiger partial charge is 0.137 e. The molecule has 0 fully saturated rings. The number of hydrogen-bond donors (Lipinski definition) is 1. The van der Waals surface area contributed by atoms with E-state index in [0.717, 1.165) is 5.56 Å². The van der Waals surface area contributed by atoms with Crippen LogP contribution in [0.5, 0.6) is 0 Å². The lowest BCUT2D eigenvalue weighted by molar-refractivity contribution is -0.118. The van der Waals surface area contributed by atoms with E-state index >= 15 is 0 Å². The number of carbonyl (C=O) groups excluding carboxylic acids is 1. The van der Waals surface area contributed by atoms with Crippen LogP contribution >= 0.6 is 0 Å². The van der Waals surface area contributed by atoms with Crippen molar-refractivity contribution < 1.29 is 9.18 Å². The summed E-state index contributed by atoms with van der Waals surface area (Å²) < 4.78 is 12.7. The quantitative estimate of drug-likeness (QED) is 0.776. The number of ketones is 1. The summed E-state index contributed by atoms with van der Waals surface area (Å²) >= 11 is 0. The van der Waals surface area contributed by atoms with E-state index in [-0.39, 0.29) is 11.6 Å². The molecule has 0 bridgehead atoms. The highest BCUT2D eigenvalue weighted by atomic mass is 19.1. The molecule has 1 aromatic carbocycles. The van der Waals surface area contributed by atoms with E-state index in [9.17, 15) is 9.18 Å². The molecule has 1 rings (SSSR count). The molecule has 0 aliphatic carbocycles. The zero-order valence-corrected chi connectivity index (χ0v) is 8.00. The second-order valence-electron chi connectivity index (χ2n) is 3.24. The summed E-state index contributed by atoms with van der Waals surface area (Å²) in [5.74, 6) is -0.185. The van der Waals surface area contributed by atoms with Gasteiger partial charge in [-0.1, -0.05) is 12.1 Å². The Bertz CT molecular complexity index is 312. The molecule has 0 amide bonds. The van der Waals surface area contributed by atoms with Crippen molar-refractivity contribution in [2.24, 2.45) is 5.73 Å². The van der Waals surface area contributed by atoms with Gasteiger partial charge in [-0.3, -0.25) is 4.79 Å². The second kappa shape index (κ2) is 5.50. The van der Waals surface area contributed by atoms with Gasteiger partial charge in [-0.2, -0.15) is 0 Å². The molecule has 0 aromatic heterocycles. The minimum Gasteiger partial charge on any atom is -0.330 e. The first kappa shape index (κ1) is 10.9. The minimum absolute atomic E-state index is 0.112. The first-order valence-electron chi connectivity index (χ1n) is 4.68. The summed E-state index contributed by atoms with van der Waals surface area (Å²) in [5, 5.41) is 0. The third-order valence-corrected chi connectivity index (χ3v) is 1.95. The van der Waals surface area contributed by atoms with Gasteiger partial charge in [0.05, 0.1) is 0 Å². The number of carbonyl (C=O) groups is 1. The van der Waals surface area contributed by atoms with Crippen LogP contribution in [-0.4, -0.2) is 12.3 Å². The first-order chi connectivity index (χ1) is 6.72. The van der Waals surface area contributed by atoms with Gasteiger partial charge < -0.3 is 5.73 Å². The van der Waals surface area contributed by atoms with Crippen molar-refractivity contribution in [3.05, 3.63) is 35.6 Å². The van der Waals surface area contributed by atoms with Crippen molar-refractivity contribution >= 4 is 5.78 Å². The van der Waals surface area contributed by atoms with E-state index in [1.165, 1.54) is 12.1 Å². The van der Waals surface area contributed by atoms with Crippen LogP contribution in [0.25, 0.3) is 0 Å². The molecular formula is C11H14FNO. The van der Waals surface area contributed by atoms with Crippen LogP contribution in [0.1, 0.15) is 18.4 Å². The van der Waals surface area contributed by atoms with E-state index < -0.39 is 0 Å². The summed E-state index contributed by atoms with van der Waals surface area (Å²) in [4.78, 5) is 11.3. The molecule has 0 aliphatic rings. The average Bonchev–Trinajstić information content (AvgIpc) is 2.15. The van der Waals surface area contributed by atoms with Gasteiger partial charge in [-0.05, 0) is 30.7 Å². The number of Topliss-reactive ketones (excluding diaryl/α,β-unsaturated/α-hetero) is 1. The normalized spacial score (nSPS) is 10.1. The molecule has 0 saturated carbocycles.